The highest BCUT2D eigenvalue weighted by Gasteiger charge is 2.26. The number of carbonyl (C=O) groups excluding carboxylic acids is 2. The Morgan fingerprint density at radius 2 is 2.12 bits per heavy atom. The van der Waals surface area contributed by atoms with Gasteiger partial charge in [-0.3, -0.25) is 14.5 Å². The molecular weight excluding hydrogens is 208 g/mol. The standard InChI is InChI=1S/C11H20N2O3/c1-9(14)13-5-4-11(8-13)12(3)6-7-16-10(2)15/h11H,4-8H2,1-3H3. The van der Waals surface area contributed by atoms with Gasteiger partial charge in [0.15, 0.2) is 0 Å². The van der Waals surface area contributed by atoms with Crippen LogP contribution in [0.4, 0.5) is 0 Å². The Kier molecular flexibility index (Phi) is 4.73. The summed E-state index contributed by atoms with van der Waals surface area (Å²) < 4.78 is 4.89. The van der Waals surface area contributed by atoms with Crippen molar-refractivity contribution in [2.75, 3.05) is 33.3 Å². The summed E-state index contributed by atoms with van der Waals surface area (Å²) in [6.45, 7) is 5.76. The molecule has 0 aromatic heterocycles. The van der Waals surface area contributed by atoms with E-state index in [0.29, 0.717) is 12.6 Å². The van der Waals surface area contributed by atoms with E-state index in [1.165, 1.54) is 6.92 Å². The highest BCUT2D eigenvalue weighted by Crippen LogP contribution is 2.13. The van der Waals surface area contributed by atoms with Crippen molar-refractivity contribution in [3.63, 3.8) is 0 Å². The maximum Gasteiger partial charge on any atom is 0.302 e. The van der Waals surface area contributed by atoms with Gasteiger partial charge in [-0.25, -0.2) is 0 Å². The minimum atomic E-state index is -0.245. The molecule has 1 aliphatic heterocycles. The second-order valence-corrected chi connectivity index (χ2v) is 4.23. The van der Waals surface area contributed by atoms with Crippen LogP contribution in [-0.4, -0.2) is 61.0 Å². The molecule has 5 nitrogen and oxygen atoms in total. The average Bonchev–Trinajstić information content (AvgIpc) is 2.65. The van der Waals surface area contributed by atoms with Crippen LogP contribution in [0.5, 0.6) is 0 Å². The summed E-state index contributed by atoms with van der Waals surface area (Å²) in [4.78, 5) is 25.7. The second kappa shape index (κ2) is 5.84. The Hall–Kier alpha value is -1.10. The fourth-order valence-corrected chi connectivity index (χ4v) is 1.90. The van der Waals surface area contributed by atoms with Crippen LogP contribution in [-0.2, 0) is 14.3 Å². The van der Waals surface area contributed by atoms with E-state index in [0.717, 1.165) is 26.1 Å². The molecule has 92 valence electrons. The lowest BCUT2D eigenvalue weighted by atomic mass is 10.2. The van der Waals surface area contributed by atoms with Crippen LogP contribution >= 0.6 is 0 Å². The third kappa shape index (κ3) is 3.81. The van der Waals surface area contributed by atoms with Gasteiger partial charge in [0.1, 0.15) is 6.61 Å². The number of likely N-dealkylation sites (tertiary alicyclic amines) is 1. The lowest BCUT2D eigenvalue weighted by molar-refractivity contribution is -0.141. The molecule has 0 spiro atoms. The lowest BCUT2D eigenvalue weighted by Crippen LogP contribution is -2.37. The average molecular weight is 228 g/mol. The number of rotatable bonds is 4. The van der Waals surface area contributed by atoms with E-state index in [4.69, 9.17) is 4.74 Å². The first kappa shape index (κ1) is 13.0. The summed E-state index contributed by atoms with van der Waals surface area (Å²) in [6.07, 6.45) is 0.996. The molecule has 0 radical (unpaired) electrons. The van der Waals surface area contributed by atoms with E-state index in [9.17, 15) is 9.59 Å². The molecule has 0 aliphatic carbocycles. The quantitative estimate of drug-likeness (QED) is 0.640. The Morgan fingerprint density at radius 1 is 1.44 bits per heavy atom. The second-order valence-electron chi connectivity index (χ2n) is 4.23. The smallest absolute Gasteiger partial charge is 0.302 e. The number of esters is 1. The van der Waals surface area contributed by atoms with Gasteiger partial charge in [-0.2, -0.15) is 0 Å². The molecule has 1 rings (SSSR count). The molecule has 0 aromatic rings. The molecule has 1 fully saturated rings. The number of carbonyl (C=O) groups is 2. The topological polar surface area (TPSA) is 49.9 Å². The number of likely N-dealkylation sites (N-methyl/N-ethyl adjacent to an activating group) is 1. The van der Waals surface area contributed by atoms with E-state index in [2.05, 4.69) is 4.90 Å². The van der Waals surface area contributed by atoms with Gasteiger partial charge >= 0.3 is 5.97 Å². The molecule has 16 heavy (non-hydrogen) atoms. The minimum Gasteiger partial charge on any atom is -0.465 e. The van der Waals surface area contributed by atoms with Crippen molar-refractivity contribution in [1.29, 1.82) is 0 Å². The van der Waals surface area contributed by atoms with Crippen LogP contribution < -0.4 is 0 Å². The van der Waals surface area contributed by atoms with E-state index < -0.39 is 0 Å². The van der Waals surface area contributed by atoms with Crippen molar-refractivity contribution in [3.05, 3.63) is 0 Å². The highest BCUT2D eigenvalue weighted by atomic mass is 16.5. The number of hydrogen-bond donors (Lipinski definition) is 0. The third-order valence-corrected chi connectivity index (χ3v) is 2.98. The molecule has 5 heteroatoms. The fourth-order valence-electron chi connectivity index (χ4n) is 1.90. The number of amides is 1. The first-order valence-electron chi connectivity index (χ1n) is 5.60. The van der Waals surface area contributed by atoms with Crippen molar-refractivity contribution in [1.82, 2.24) is 9.80 Å². The Balaban J connectivity index is 2.25. The van der Waals surface area contributed by atoms with Crippen molar-refractivity contribution >= 4 is 11.9 Å². The summed E-state index contributed by atoms with van der Waals surface area (Å²) in [5, 5.41) is 0. The number of nitrogens with zero attached hydrogens (tertiary/aromatic N) is 2. The molecule has 0 bridgehead atoms. The van der Waals surface area contributed by atoms with Crippen LogP contribution in [0.1, 0.15) is 20.3 Å². The van der Waals surface area contributed by atoms with Gasteiger partial charge in [0.25, 0.3) is 0 Å². The van der Waals surface area contributed by atoms with Gasteiger partial charge < -0.3 is 9.64 Å². The Bertz CT molecular complexity index is 268. The van der Waals surface area contributed by atoms with Crippen molar-refractivity contribution in [2.45, 2.75) is 26.3 Å². The van der Waals surface area contributed by atoms with E-state index >= 15 is 0 Å². The highest BCUT2D eigenvalue weighted by molar-refractivity contribution is 5.73. The lowest BCUT2D eigenvalue weighted by Gasteiger charge is -2.23. The first-order valence-corrected chi connectivity index (χ1v) is 5.60. The van der Waals surface area contributed by atoms with Crippen LogP contribution in [0.15, 0.2) is 0 Å². The maximum atomic E-state index is 11.2. The number of hydrogen-bond acceptors (Lipinski definition) is 4. The van der Waals surface area contributed by atoms with Crippen LogP contribution in [0.25, 0.3) is 0 Å². The van der Waals surface area contributed by atoms with Gasteiger partial charge in [0.2, 0.25) is 5.91 Å². The summed E-state index contributed by atoms with van der Waals surface area (Å²) in [5.74, 6) is -0.110. The van der Waals surface area contributed by atoms with E-state index in [1.807, 2.05) is 11.9 Å². The molecule has 1 saturated heterocycles. The van der Waals surface area contributed by atoms with Crippen molar-refractivity contribution in [2.24, 2.45) is 0 Å². The minimum absolute atomic E-state index is 0.135. The molecule has 0 saturated carbocycles. The van der Waals surface area contributed by atoms with Gasteiger partial charge in [0.05, 0.1) is 0 Å². The molecule has 1 atom stereocenters. The maximum absolute atomic E-state index is 11.2. The first-order chi connectivity index (χ1) is 7.50. The molecule has 1 unspecified atom stereocenters. The number of ether oxygens (including phenoxy) is 1. The van der Waals surface area contributed by atoms with Crippen LogP contribution in [0, 0.1) is 0 Å². The van der Waals surface area contributed by atoms with Crippen molar-refractivity contribution < 1.29 is 14.3 Å². The third-order valence-electron chi connectivity index (χ3n) is 2.98. The molecule has 0 N–H and O–H groups in total. The van der Waals surface area contributed by atoms with E-state index in [1.54, 1.807) is 6.92 Å². The zero-order chi connectivity index (χ0) is 12.1. The van der Waals surface area contributed by atoms with Crippen LogP contribution in [0.2, 0.25) is 0 Å². The SMILES string of the molecule is CC(=O)OCCN(C)C1CCN(C(C)=O)C1. The fraction of sp³-hybridized carbons (Fsp3) is 0.818. The monoisotopic (exact) mass is 228 g/mol. The zero-order valence-corrected chi connectivity index (χ0v) is 10.2. The van der Waals surface area contributed by atoms with Gasteiger partial charge in [0, 0.05) is 39.5 Å². The van der Waals surface area contributed by atoms with Gasteiger partial charge in [-0.15, -0.1) is 0 Å². The molecular formula is C11H20N2O3. The van der Waals surface area contributed by atoms with Crippen LogP contribution in [0.3, 0.4) is 0 Å². The summed E-state index contributed by atoms with van der Waals surface area (Å²) in [5.41, 5.74) is 0. The molecule has 1 amide bonds. The zero-order valence-electron chi connectivity index (χ0n) is 10.2. The molecule has 1 aliphatic rings. The summed E-state index contributed by atoms with van der Waals surface area (Å²) in [6, 6.07) is 0.388. The summed E-state index contributed by atoms with van der Waals surface area (Å²) >= 11 is 0. The van der Waals surface area contributed by atoms with Gasteiger partial charge in [-0.1, -0.05) is 0 Å². The van der Waals surface area contributed by atoms with E-state index in [-0.39, 0.29) is 11.9 Å². The van der Waals surface area contributed by atoms with Crippen molar-refractivity contribution in [3.8, 4) is 0 Å². The predicted octanol–water partition coefficient (Wildman–Crippen LogP) is 0.102. The normalized spacial score (nSPS) is 20.2. The largest absolute Gasteiger partial charge is 0.465 e. The molecule has 1 heterocycles. The predicted molar refractivity (Wildman–Crippen MR) is 59.9 cm³/mol. The molecule has 0 aromatic carbocycles. The Morgan fingerprint density at radius 3 is 2.62 bits per heavy atom. The summed E-state index contributed by atoms with van der Waals surface area (Å²) in [7, 11) is 2.00. The Labute approximate surface area is 96.3 Å². The van der Waals surface area contributed by atoms with Gasteiger partial charge in [-0.05, 0) is 13.5 Å².